The molecular formula is C17H19Cl2N5O2. The second-order valence-electron chi connectivity index (χ2n) is 5.75. The Kier molecular flexibility index (Phi) is 6.62. The first-order valence-corrected chi connectivity index (χ1v) is 9.00. The number of rotatable bonds is 6. The monoisotopic (exact) mass is 395 g/mol. The van der Waals surface area contributed by atoms with Crippen molar-refractivity contribution in [1.29, 1.82) is 0 Å². The van der Waals surface area contributed by atoms with E-state index in [0.717, 1.165) is 39.4 Å². The highest BCUT2D eigenvalue weighted by Gasteiger charge is 2.11. The van der Waals surface area contributed by atoms with Crippen molar-refractivity contribution in [3.05, 3.63) is 46.2 Å². The fourth-order valence-electron chi connectivity index (χ4n) is 2.47. The molecule has 1 fully saturated rings. The first kappa shape index (κ1) is 18.8. The van der Waals surface area contributed by atoms with Gasteiger partial charge in [-0.25, -0.2) is 9.97 Å². The Bertz CT molecular complexity index is 751. The van der Waals surface area contributed by atoms with Gasteiger partial charge in [0, 0.05) is 43.6 Å². The maximum atomic E-state index is 12.3. The molecule has 0 bridgehead atoms. The first-order chi connectivity index (χ1) is 12.6. The van der Waals surface area contributed by atoms with E-state index in [1.807, 2.05) is 0 Å². The number of halogens is 2. The number of morpholine rings is 1. The summed E-state index contributed by atoms with van der Waals surface area (Å²) < 4.78 is 5.32. The van der Waals surface area contributed by atoms with Crippen molar-refractivity contribution < 1.29 is 9.53 Å². The van der Waals surface area contributed by atoms with Gasteiger partial charge in [-0.05, 0) is 18.2 Å². The normalized spacial score (nSPS) is 14.8. The van der Waals surface area contributed by atoms with Crippen molar-refractivity contribution in [3.8, 4) is 0 Å². The van der Waals surface area contributed by atoms with E-state index in [0.29, 0.717) is 27.2 Å². The van der Waals surface area contributed by atoms with Crippen molar-refractivity contribution in [2.45, 2.75) is 0 Å². The van der Waals surface area contributed by atoms with Crippen LogP contribution in [-0.2, 0) is 4.74 Å². The lowest BCUT2D eigenvalue weighted by molar-refractivity contribution is 0.0398. The molecule has 0 atom stereocenters. The Hall–Kier alpha value is -1.93. The van der Waals surface area contributed by atoms with Crippen LogP contribution >= 0.6 is 23.2 Å². The van der Waals surface area contributed by atoms with Crippen LogP contribution < -0.4 is 10.6 Å². The highest BCUT2D eigenvalue weighted by molar-refractivity contribution is 6.36. The molecule has 2 heterocycles. The van der Waals surface area contributed by atoms with Crippen LogP contribution in [0.4, 0.5) is 11.6 Å². The molecule has 1 aromatic heterocycles. The third-order valence-electron chi connectivity index (χ3n) is 3.91. The van der Waals surface area contributed by atoms with Gasteiger partial charge < -0.3 is 15.4 Å². The number of nitrogens with zero attached hydrogens (tertiary/aromatic N) is 3. The lowest BCUT2D eigenvalue weighted by Gasteiger charge is -2.26. The molecular weight excluding hydrogens is 377 g/mol. The average molecular weight is 396 g/mol. The third-order valence-corrected chi connectivity index (χ3v) is 4.46. The van der Waals surface area contributed by atoms with E-state index in [1.165, 1.54) is 12.4 Å². The van der Waals surface area contributed by atoms with Crippen LogP contribution in [0.15, 0.2) is 30.6 Å². The predicted molar refractivity (Wildman–Crippen MR) is 102 cm³/mol. The van der Waals surface area contributed by atoms with Gasteiger partial charge in [-0.3, -0.25) is 9.69 Å². The topological polar surface area (TPSA) is 79.4 Å². The minimum absolute atomic E-state index is 0.339. The molecule has 0 aliphatic carbocycles. The molecule has 1 aromatic carbocycles. The van der Waals surface area contributed by atoms with Crippen LogP contribution in [0.5, 0.6) is 0 Å². The highest BCUT2D eigenvalue weighted by atomic mass is 35.5. The van der Waals surface area contributed by atoms with Crippen LogP contribution in [0.25, 0.3) is 0 Å². The average Bonchev–Trinajstić information content (AvgIpc) is 2.65. The van der Waals surface area contributed by atoms with Gasteiger partial charge in [-0.2, -0.15) is 0 Å². The molecule has 2 aromatic rings. The Morgan fingerprint density at radius 3 is 2.62 bits per heavy atom. The lowest BCUT2D eigenvalue weighted by atomic mass is 10.2. The number of amides is 1. The number of hydrogen-bond acceptors (Lipinski definition) is 6. The van der Waals surface area contributed by atoms with E-state index >= 15 is 0 Å². The van der Waals surface area contributed by atoms with E-state index < -0.39 is 0 Å². The zero-order valence-electron chi connectivity index (χ0n) is 14.0. The summed E-state index contributed by atoms with van der Waals surface area (Å²) in [7, 11) is 0. The molecule has 1 aliphatic heterocycles. The number of aromatic nitrogens is 2. The largest absolute Gasteiger partial charge is 0.379 e. The summed E-state index contributed by atoms with van der Waals surface area (Å²) in [4.78, 5) is 22.9. The molecule has 2 N–H and O–H groups in total. The van der Waals surface area contributed by atoms with Gasteiger partial charge in [-0.1, -0.05) is 23.2 Å². The molecule has 7 nitrogen and oxygen atoms in total. The van der Waals surface area contributed by atoms with Gasteiger partial charge in [0.2, 0.25) is 5.95 Å². The van der Waals surface area contributed by atoms with Gasteiger partial charge in [0.25, 0.3) is 5.91 Å². The molecule has 0 radical (unpaired) electrons. The first-order valence-electron chi connectivity index (χ1n) is 8.24. The molecule has 1 amide bonds. The van der Waals surface area contributed by atoms with Crippen molar-refractivity contribution in [2.24, 2.45) is 0 Å². The maximum Gasteiger partial charge on any atom is 0.258 e. The van der Waals surface area contributed by atoms with E-state index in [9.17, 15) is 4.79 Å². The molecule has 1 saturated heterocycles. The predicted octanol–water partition coefficient (Wildman–Crippen LogP) is 2.78. The Morgan fingerprint density at radius 1 is 1.19 bits per heavy atom. The van der Waals surface area contributed by atoms with E-state index in [1.54, 1.807) is 18.2 Å². The van der Waals surface area contributed by atoms with Crippen molar-refractivity contribution in [1.82, 2.24) is 14.9 Å². The number of hydrogen-bond donors (Lipinski definition) is 2. The van der Waals surface area contributed by atoms with Crippen LogP contribution in [-0.4, -0.2) is 60.2 Å². The quantitative estimate of drug-likeness (QED) is 0.782. The molecule has 0 saturated carbocycles. The minimum Gasteiger partial charge on any atom is -0.379 e. The summed E-state index contributed by atoms with van der Waals surface area (Å²) in [5.74, 6) is 0.147. The summed E-state index contributed by atoms with van der Waals surface area (Å²) in [6.45, 7) is 5.05. The summed E-state index contributed by atoms with van der Waals surface area (Å²) in [5.41, 5.74) is 0.823. The van der Waals surface area contributed by atoms with Crippen LogP contribution in [0.1, 0.15) is 10.4 Å². The van der Waals surface area contributed by atoms with Crippen LogP contribution in [0.3, 0.4) is 0 Å². The summed E-state index contributed by atoms with van der Waals surface area (Å²) in [6, 6.07) is 4.86. The molecule has 3 rings (SSSR count). The summed E-state index contributed by atoms with van der Waals surface area (Å²) in [6.07, 6.45) is 2.95. The van der Waals surface area contributed by atoms with Crippen LogP contribution in [0, 0.1) is 0 Å². The smallest absolute Gasteiger partial charge is 0.258 e. The van der Waals surface area contributed by atoms with Gasteiger partial charge in [0.15, 0.2) is 0 Å². The SMILES string of the molecule is O=C(Nc1ccc(Cl)cc1Cl)c1cnc(NCCN2CCOCC2)nc1. The molecule has 26 heavy (non-hydrogen) atoms. The van der Waals surface area contributed by atoms with Gasteiger partial charge >= 0.3 is 0 Å². The van der Waals surface area contributed by atoms with Gasteiger partial charge in [0.05, 0.1) is 29.5 Å². The Labute approximate surface area is 161 Å². The highest BCUT2D eigenvalue weighted by Crippen LogP contribution is 2.25. The Morgan fingerprint density at radius 2 is 1.92 bits per heavy atom. The fourth-order valence-corrected chi connectivity index (χ4v) is 2.93. The zero-order chi connectivity index (χ0) is 18.4. The molecule has 0 unspecified atom stereocenters. The van der Waals surface area contributed by atoms with Crippen molar-refractivity contribution >= 4 is 40.7 Å². The molecule has 138 valence electrons. The molecule has 9 heteroatoms. The second kappa shape index (κ2) is 9.14. The minimum atomic E-state index is -0.339. The summed E-state index contributed by atoms with van der Waals surface area (Å²) >= 11 is 11.9. The van der Waals surface area contributed by atoms with E-state index in [4.69, 9.17) is 27.9 Å². The second-order valence-corrected chi connectivity index (χ2v) is 6.60. The van der Waals surface area contributed by atoms with Gasteiger partial charge in [-0.15, -0.1) is 0 Å². The number of anilines is 2. The number of carbonyl (C=O) groups is 1. The number of ether oxygens (including phenoxy) is 1. The van der Waals surface area contributed by atoms with E-state index in [-0.39, 0.29) is 5.91 Å². The van der Waals surface area contributed by atoms with Gasteiger partial charge in [0.1, 0.15) is 0 Å². The third kappa shape index (κ3) is 5.28. The lowest BCUT2D eigenvalue weighted by Crippen LogP contribution is -2.39. The summed E-state index contributed by atoms with van der Waals surface area (Å²) in [5, 5.41) is 6.73. The standard InChI is InChI=1S/C17H19Cl2N5O2/c18-13-1-2-15(14(19)9-13)23-16(25)12-10-21-17(22-11-12)20-3-4-24-5-7-26-8-6-24/h1-2,9-11H,3-8H2,(H,23,25)(H,20,21,22). The van der Waals surface area contributed by atoms with Crippen molar-refractivity contribution in [2.75, 3.05) is 50.0 Å². The number of benzene rings is 1. The maximum absolute atomic E-state index is 12.3. The van der Waals surface area contributed by atoms with Crippen molar-refractivity contribution in [3.63, 3.8) is 0 Å². The van der Waals surface area contributed by atoms with E-state index in [2.05, 4.69) is 25.5 Å². The number of carbonyl (C=O) groups excluding carboxylic acids is 1. The fraction of sp³-hybridized carbons (Fsp3) is 0.353. The number of nitrogens with one attached hydrogen (secondary N) is 2. The molecule has 1 aliphatic rings. The molecule has 0 spiro atoms. The zero-order valence-corrected chi connectivity index (χ0v) is 15.6. The Balaban J connectivity index is 1.50. The van der Waals surface area contributed by atoms with Crippen LogP contribution in [0.2, 0.25) is 10.0 Å².